The Kier molecular flexibility index (Phi) is 5.05. The summed E-state index contributed by atoms with van der Waals surface area (Å²) in [6.45, 7) is 4.91. The zero-order chi connectivity index (χ0) is 20.6. The summed E-state index contributed by atoms with van der Waals surface area (Å²) in [5.41, 5.74) is 2.31. The normalized spacial score (nSPS) is 11.8. The molecule has 148 valence electrons. The molecule has 0 unspecified atom stereocenters. The zero-order valence-corrected chi connectivity index (χ0v) is 15.4. The monoisotopic (exact) mass is 395 g/mol. The van der Waals surface area contributed by atoms with Crippen LogP contribution in [0.1, 0.15) is 33.9 Å². The van der Waals surface area contributed by atoms with E-state index in [0.717, 1.165) is 4.52 Å². The summed E-state index contributed by atoms with van der Waals surface area (Å²) < 4.78 is 53.0. The first-order chi connectivity index (χ1) is 13.1. The molecule has 0 bridgehead atoms. The average molecular weight is 395 g/mol. The lowest BCUT2D eigenvalue weighted by Crippen LogP contribution is -2.26. The number of amides is 1. The molecule has 1 N–H and O–H groups in total. The Balaban J connectivity index is 1.79. The molecule has 2 aromatic heterocycles. The molecule has 0 aliphatic heterocycles. The van der Waals surface area contributed by atoms with Crippen LogP contribution in [0.5, 0.6) is 0 Å². The number of carbonyl (C=O) groups is 1. The lowest BCUT2D eigenvalue weighted by molar-refractivity contribution is -0.144. The van der Waals surface area contributed by atoms with Crippen molar-refractivity contribution in [2.75, 3.05) is 0 Å². The van der Waals surface area contributed by atoms with Gasteiger partial charge in [-0.05, 0) is 38.0 Å². The molecule has 2 heterocycles. The Hall–Kier alpha value is -3.04. The highest BCUT2D eigenvalue weighted by Crippen LogP contribution is 2.27. The average Bonchev–Trinajstić information content (AvgIpc) is 3.04. The lowest BCUT2D eigenvalue weighted by Gasteiger charge is -2.11. The molecule has 0 saturated carbocycles. The van der Waals surface area contributed by atoms with Crippen LogP contribution in [0, 0.1) is 26.6 Å². The molecular weight excluding hydrogens is 378 g/mol. The van der Waals surface area contributed by atoms with Gasteiger partial charge in [-0.15, -0.1) is 5.10 Å². The quantitative estimate of drug-likeness (QED) is 0.690. The van der Waals surface area contributed by atoms with Crippen molar-refractivity contribution in [3.63, 3.8) is 0 Å². The van der Waals surface area contributed by atoms with Crippen molar-refractivity contribution in [2.24, 2.45) is 0 Å². The molecule has 0 radical (unpaired) electrons. The Labute approximate surface area is 157 Å². The van der Waals surface area contributed by atoms with Crippen molar-refractivity contribution in [2.45, 2.75) is 39.9 Å². The molecule has 3 aromatic rings. The van der Waals surface area contributed by atoms with Crippen LogP contribution in [0.4, 0.5) is 17.6 Å². The van der Waals surface area contributed by atoms with Crippen molar-refractivity contribution >= 4 is 11.7 Å². The Morgan fingerprint density at radius 1 is 1.18 bits per heavy atom. The van der Waals surface area contributed by atoms with E-state index in [0.29, 0.717) is 28.1 Å². The summed E-state index contributed by atoms with van der Waals surface area (Å²) in [7, 11) is 0. The van der Waals surface area contributed by atoms with Crippen molar-refractivity contribution < 1.29 is 22.4 Å². The Bertz CT molecular complexity index is 1060. The first-order valence-electron chi connectivity index (χ1n) is 8.38. The zero-order valence-electron chi connectivity index (χ0n) is 15.4. The van der Waals surface area contributed by atoms with E-state index in [2.05, 4.69) is 20.4 Å². The minimum atomic E-state index is -4.69. The van der Waals surface area contributed by atoms with E-state index in [9.17, 15) is 22.4 Å². The number of alkyl halides is 3. The van der Waals surface area contributed by atoms with Gasteiger partial charge in [0.15, 0.2) is 0 Å². The van der Waals surface area contributed by atoms with Crippen molar-refractivity contribution in [1.82, 2.24) is 24.9 Å². The SMILES string of the molecule is Cc1ccc(CNC(=O)Cc2c(C)nc3nc(C(F)(F)F)nn3c2C)cc1F. The summed E-state index contributed by atoms with van der Waals surface area (Å²) in [4.78, 5) is 19.7. The summed E-state index contributed by atoms with van der Waals surface area (Å²) >= 11 is 0. The van der Waals surface area contributed by atoms with Gasteiger partial charge in [-0.2, -0.15) is 18.2 Å². The van der Waals surface area contributed by atoms with Gasteiger partial charge in [0.05, 0.1) is 6.42 Å². The van der Waals surface area contributed by atoms with Crippen LogP contribution < -0.4 is 5.32 Å². The van der Waals surface area contributed by atoms with E-state index >= 15 is 0 Å². The number of aromatic nitrogens is 4. The van der Waals surface area contributed by atoms with Gasteiger partial charge in [0.1, 0.15) is 5.82 Å². The first-order valence-corrected chi connectivity index (χ1v) is 8.38. The Morgan fingerprint density at radius 2 is 1.89 bits per heavy atom. The summed E-state index contributed by atoms with van der Waals surface area (Å²) in [6, 6.07) is 4.66. The van der Waals surface area contributed by atoms with Crippen molar-refractivity contribution in [3.05, 3.63) is 57.9 Å². The second-order valence-corrected chi connectivity index (χ2v) is 6.44. The molecule has 0 aliphatic rings. The van der Waals surface area contributed by atoms with Crippen LogP contribution in [0.3, 0.4) is 0 Å². The lowest BCUT2D eigenvalue weighted by atomic mass is 10.1. The second kappa shape index (κ2) is 7.17. The topological polar surface area (TPSA) is 72.2 Å². The molecule has 0 aliphatic carbocycles. The highest BCUT2D eigenvalue weighted by Gasteiger charge is 2.37. The Morgan fingerprint density at radius 3 is 2.54 bits per heavy atom. The minimum Gasteiger partial charge on any atom is -0.352 e. The number of fused-ring (bicyclic) bond motifs is 1. The van der Waals surface area contributed by atoms with E-state index in [1.807, 2.05) is 0 Å². The van der Waals surface area contributed by atoms with Gasteiger partial charge in [0, 0.05) is 23.5 Å². The number of hydrogen-bond donors (Lipinski definition) is 1. The number of benzene rings is 1. The summed E-state index contributed by atoms with van der Waals surface area (Å²) in [5, 5.41) is 6.12. The minimum absolute atomic E-state index is 0.101. The predicted octanol–water partition coefficient (Wildman–Crippen LogP) is 3.07. The third-order valence-electron chi connectivity index (χ3n) is 4.37. The second-order valence-electron chi connectivity index (χ2n) is 6.44. The fraction of sp³-hybridized carbons (Fsp3) is 0.333. The van der Waals surface area contributed by atoms with Crippen molar-refractivity contribution in [3.8, 4) is 0 Å². The molecule has 28 heavy (non-hydrogen) atoms. The number of nitrogens with one attached hydrogen (secondary N) is 1. The predicted molar refractivity (Wildman–Crippen MR) is 91.9 cm³/mol. The van der Waals surface area contributed by atoms with Crippen LogP contribution in [-0.2, 0) is 23.9 Å². The maximum Gasteiger partial charge on any atom is 0.453 e. The van der Waals surface area contributed by atoms with Crippen LogP contribution in [0.25, 0.3) is 5.78 Å². The van der Waals surface area contributed by atoms with Gasteiger partial charge in [-0.1, -0.05) is 12.1 Å². The molecule has 0 fully saturated rings. The smallest absolute Gasteiger partial charge is 0.352 e. The molecule has 0 spiro atoms. The fourth-order valence-corrected chi connectivity index (χ4v) is 2.75. The number of hydrogen-bond acceptors (Lipinski definition) is 4. The molecule has 3 rings (SSSR count). The third kappa shape index (κ3) is 3.95. The van der Waals surface area contributed by atoms with Crippen molar-refractivity contribution in [1.29, 1.82) is 0 Å². The number of rotatable bonds is 4. The van der Waals surface area contributed by atoms with E-state index in [1.54, 1.807) is 32.9 Å². The van der Waals surface area contributed by atoms with Gasteiger partial charge >= 0.3 is 6.18 Å². The molecule has 0 atom stereocenters. The van der Waals surface area contributed by atoms with Gasteiger partial charge in [0.25, 0.3) is 11.6 Å². The van der Waals surface area contributed by atoms with E-state index in [4.69, 9.17) is 0 Å². The summed E-state index contributed by atoms with van der Waals surface area (Å²) in [6.07, 6.45) is -4.79. The molecule has 6 nitrogen and oxygen atoms in total. The maximum absolute atomic E-state index is 13.6. The maximum atomic E-state index is 13.6. The molecule has 0 saturated heterocycles. The van der Waals surface area contributed by atoms with Gasteiger partial charge in [0.2, 0.25) is 5.91 Å². The number of halogens is 4. The standard InChI is InChI=1S/C18H17F4N5O/c1-9-4-5-12(6-14(9)19)8-23-15(28)7-13-10(2)24-17-25-16(18(20,21)22)26-27(17)11(13)3/h4-6H,7-8H2,1-3H3,(H,23,28). The fourth-order valence-electron chi connectivity index (χ4n) is 2.75. The first kappa shape index (κ1) is 19.7. The van der Waals surface area contributed by atoms with Crippen LogP contribution in [-0.4, -0.2) is 25.5 Å². The third-order valence-corrected chi connectivity index (χ3v) is 4.37. The molecule has 1 amide bonds. The molecule has 10 heteroatoms. The highest BCUT2D eigenvalue weighted by atomic mass is 19.4. The van der Waals surface area contributed by atoms with Crippen LogP contribution in [0.15, 0.2) is 18.2 Å². The number of aryl methyl sites for hydroxylation is 3. The van der Waals surface area contributed by atoms with E-state index in [1.165, 1.54) is 6.07 Å². The van der Waals surface area contributed by atoms with Gasteiger partial charge < -0.3 is 5.32 Å². The van der Waals surface area contributed by atoms with E-state index < -0.39 is 12.0 Å². The van der Waals surface area contributed by atoms with Crippen LogP contribution in [0.2, 0.25) is 0 Å². The molecule has 1 aromatic carbocycles. The molecular formula is C18H17F4N5O. The highest BCUT2D eigenvalue weighted by molar-refractivity contribution is 5.79. The largest absolute Gasteiger partial charge is 0.453 e. The number of nitrogens with zero attached hydrogens (tertiary/aromatic N) is 4. The van der Waals surface area contributed by atoms with E-state index in [-0.39, 0.29) is 30.5 Å². The van der Waals surface area contributed by atoms with Gasteiger partial charge in [-0.3, -0.25) is 4.79 Å². The summed E-state index contributed by atoms with van der Waals surface area (Å²) in [5.74, 6) is -2.20. The number of carbonyl (C=O) groups excluding carboxylic acids is 1. The van der Waals surface area contributed by atoms with Crippen LogP contribution >= 0.6 is 0 Å². The van der Waals surface area contributed by atoms with Gasteiger partial charge in [-0.25, -0.2) is 13.9 Å².